The lowest BCUT2D eigenvalue weighted by Gasteiger charge is -2.21. The molecule has 3 nitrogen and oxygen atoms in total. The Morgan fingerprint density at radius 3 is 1.43 bits per heavy atom. The minimum Gasteiger partial charge on any atom is -0.378 e. The fourth-order valence-corrected chi connectivity index (χ4v) is 3.80. The lowest BCUT2D eigenvalue weighted by molar-refractivity contribution is -0.462. The summed E-state index contributed by atoms with van der Waals surface area (Å²) in [7, 11) is 12.5. The zero-order valence-corrected chi connectivity index (χ0v) is 19.6. The summed E-state index contributed by atoms with van der Waals surface area (Å²) in [6.07, 6.45) is 8.87. The lowest BCUT2D eigenvalue weighted by atomic mass is 9.86. The second-order valence-electron chi connectivity index (χ2n) is 8.60. The van der Waals surface area contributed by atoms with Gasteiger partial charge < -0.3 is 9.80 Å². The topological polar surface area (TPSA) is 9.49 Å². The Bertz CT molecular complexity index is 998. The highest BCUT2D eigenvalue weighted by molar-refractivity contribution is 6.04. The normalized spacial score (nSPS) is 12.9. The summed E-state index contributed by atoms with van der Waals surface area (Å²) in [6.45, 7) is 4.42. The maximum absolute atomic E-state index is 2.27. The third-order valence-corrected chi connectivity index (χ3v) is 5.66. The van der Waals surface area contributed by atoms with E-state index in [1.165, 1.54) is 50.5 Å². The first-order chi connectivity index (χ1) is 14.2. The number of benzene rings is 2. The minimum absolute atomic E-state index is 1.21. The molecule has 0 saturated heterocycles. The summed E-state index contributed by atoms with van der Waals surface area (Å²) in [5.41, 5.74) is 11.3. The predicted octanol–water partition coefficient (Wildman–Crippen LogP) is 5.08. The monoisotopic (exact) mass is 400 g/mol. The van der Waals surface area contributed by atoms with Gasteiger partial charge in [-0.15, -0.1) is 0 Å². The number of allylic oxidation sites excluding steroid dienone is 5. The highest BCUT2D eigenvalue weighted by Crippen LogP contribution is 2.35. The number of aryl methyl sites for hydroxylation is 2. The number of nitrogens with zero attached hydrogens (tertiary/aromatic N) is 3. The summed E-state index contributed by atoms with van der Waals surface area (Å²) in [4.78, 5) is 4.30. The number of hydrogen-bond acceptors (Lipinski definition) is 2. The molecule has 30 heavy (non-hydrogen) atoms. The van der Waals surface area contributed by atoms with E-state index in [1.54, 1.807) is 0 Å². The molecule has 0 heterocycles. The second-order valence-corrected chi connectivity index (χ2v) is 8.60. The molecule has 156 valence electrons. The Kier molecular flexibility index (Phi) is 6.31. The van der Waals surface area contributed by atoms with Crippen LogP contribution in [0.4, 0.5) is 11.4 Å². The molecule has 0 fully saturated rings. The first-order valence-electron chi connectivity index (χ1n) is 10.4. The first-order valence-corrected chi connectivity index (χ1v) is 10.4. The Morgan fingerprint density at radius 2 is 1.10 bits per heavy atom. The molecule has 2 aromatic carbocycles. The Hall–Kier alpha value is -3.07. The van der Waals surface area contributed by atoms with Gasteiger partial charge in [0.15, 0.2) is 5.71 Å². The molecule has 0 unspecified atom stereocenters. The van der Waals surface area contributed by atoms with Crippen molar-refractivity contribution in [3.63, 3.8) is 0 Å². The Morgan fingerprint density at radius 1 is 0.667 bits per heavy atom. The van der Waals surface area contributed by atoms with Crippen molar-refractivity contribution in [3.05, 3.63) is 88.5 Å². The molecule has 0 atom stereocenters. The van der Waals surface area contributed by atoms with Crippen LogP contribution in [0.1, 0.15) is 22.3 Å². The van der Waals surface area contributed by atoms with E-state index < -0.39 is 0 Å². The van der Waals surface area contributed by atoms with E-state index in [4.69, 9.17) is 0 Å². The van der Waals surface area contributed by atoms with Gasteiger partial charge in [0.05, 0.1) is 0 Å². The van der Waals surface area contributed by atoms with Crippen LogP contribution in [-0.4, -0.2) is 52.6 Å². The number of hydrogen-bond donors (Lipinski definition) is 0. The van der Waals surface area contributed by atoms with Crippen molar-refractivity contribution in [2.24, 2.45) is 0 Å². The van der Waals surface area contributed by atoms with Gasteiger partial charge in [0.25, 0.3) is 0 Å². The van der Waals surface area contributed by atoms with Gasteiger partial charge in [-0.1, -0.05) is 12.1 Å². The summed E-state index contributed by atoms with van der Waals surface area (Å²) in [5.74, 6) is 0. The minimum atomic E-state index is 1.21. The van der Waals surface area contributed by atoms with E-state index in [9.17, 15) is 0 Å². The second kappa shape index (κ2) is 8.74. The predicted molar refractivity (Wildman–Crippen MR) is 132 cm³/mol. The van der Waals surface area contributed by atoms with E-state index in [1.807, 2.05) is 0 Å². The fourth-order valence-electron chi connectivity index (χ4n) is 3.80. The molecule has 3 heteroatoms. The average Bonchev–Trinajstić information content (AvgIpc) is 2.70. The zero-order chi connectivity index (χ0) is 22.0. The van der Waals surface area contributed by atoms with E-state index >= 15 is 0 Å². The molecule has 0 aliphatic heterocycles. The molecule has 0 N–H and O–H groups in total. The quantitative estimate of drug-likeness (QED) is 0.662. The molecular weight excluding hydrogens is 366 g/mol. The molecule has 2 aromatic rings. The van der Waals surface area contributed by atoms with Crippen LogP contribution in [0.3, 0.4) is 0 Å². The summed E-state index contributed by atoms with van der Waals surface area (Å²) in [5, 5.41) is 0. The third kappa shape index (κ3) is 4.40. The fraction of sp³-hybridized carbons (Fsp3) is 0.296. The van der Waals surface area contributed by atoms with Gasteiger partial charge in [0.1, 0.15) is 14.1 Å². The maximum atomic E-state index is 2.27. The van der Waals surface area contributed by atoms with Crippen LogP contribution in [0.2, 0.25) is 0 Å². The van der Waals surface area contributed by atoms with E-state index in [2.05, 4.69) is 131 Å². The van der Waals surface area contributed by atoms with Crippen molar-refractivity contribution < 1.29 is 4.58 Å². The standard InChI is InChI=1S/C27H34N3/c1-19-17-23(29(5)6)13-15-25(19)27(21-9-11-22(12-10-21)28(3)4)26-16-14-24(30(7)8)18-20(26)2/h9-18H,1-8H3/q+1. The van der Waals surface area contributed by atoms with Crippen LogP contribution in [0.25, 0.3) is 5.57 Å². The van der Waals surface area contributed by atoms with Crippen molar-refractivity contribution in [1.82, 2.24) is 0 Å². The molecule has 1 aliphatic carbocycles. The van der Waals surface area contributed by atoms with Gasteiger partial charge in [0.2, 0.25) is 0 Å². The molecule has 0 saturated carbocycles. The molecule has 0 bridgehead atoms. The van der Waals surface area contributed by atoms with Crippen molar-refractivity contribution in [2.45, 2.75) is 13.8 Å². The average molecular weight is 401 g/mol. The van der Waals surface area contributed by atoms with Crippen LogP contribution < -0.4 is 9.80 Å². The van der Waals surface area contributed by atoms with Gasteiger partial charge >= 0.3 is 0 Å². The molecule has 1 aliphatic rings. The van der Waals surface area contributed by atoms with Crippen molar-refractivity contribution >= 4 is 22.7 Å². The van der Waals surface area contributed by atoms with E-state index in [0.29, 0.717) is 0 Å². The van der Waals surface area contributed by atoms with Gasteiger partial charge in [0, 0.05) is 51.7 Å². The molecule has 0 radical (unpaired) electrons. The van der Waals surface area contributed by atoms with Gasteiger partial charge in [-0.3, -0.25) is 0 Å². The molecule has 0 aromatic heterocycles. The smallest absolute Gasteiger partial charge is 0.199 e. The van der Waals surface area contributed by atoms with E-state index in [-0.39, 0.29) is 0 Å². The van der Waals surface area contributed by atoms with Crippen LogP contribution in [0.15, 0.2) is 66.3 Å². The van der Waals surface area contributed by atoms with E-state index in [0.717, 1.165) is 0 Å². The molecule has 0 amide bonds. The highest BCUT2D eigenvalue weighted by Gasteiger charge is 2.17. The van der Waals surface area contributed by atoms with Crippen LogP contribution in [-0.2, 0) is 0 Å². The largest absolute Gasteiger partial charge is 0.378 e. The first kappa shape index (κ1) is 21.6. The Balaban J connectivity index is 2.25. The highest BCUT2D eigenvalue weighted by atomic mass is 15.1. The van der Waals surface area contributed by atoms with Crippen molar-refractivity contribution in [1.29, 1.82) is 0 Å². The number of anilines is 2. The van der Waals surface area contributed by atoms with Gasteiger partial charge in [-0.05, 0) is 83.7 Å². The summed E-state index contributed by atoms with van der Waals surface area (Å²) in [6, 6.07) is 13.5. The van der Waals surface area contributed by atoms with Crippen molar-refractivity contribution in [2.75, 3.05) is 52.1 Å². The summed E-state index contributed by atoms with van der Waals surface area (Å²) < 4.78 is 2.14. The zero-order valence-electron chi connectivity index (χ0n) is 19.6. The molecule has 0 spiro atoms. The van der Waals surface area contributed by atoms with Crippen LogP contribution in [0, 0.1) is 13.8 Å². The lowest BCUT2D eigenvalue weighted by Crippen LogP contribution is -2.11. The van der Waals surface area contributed by atoms with Crippen molar-refractivity contribution in [3.8, 4) is 0 Å². The van der Waals surface area contributed by atoms with Gasteiger partial charge in [-0.25, -0.2) is 4.58 Å². The van der Waals surface area contributed by atoms with Crippen LogP contribution >= 0.6 is 0 Å². The summed E-state index contributed by atoms with van der Waals surface area (Å²) >= 11 is 0. The third-order valence-electron chi connectivity index (χ3n) is 5.66. The molecular formula is C27H34N3+. The van der Waals surface area contributed by atoms with Gasteiger partial charge in [-0.2, -0.15) is 0 Å². The maximum Gasteiger partial charge on any atom is 0.199 e. The number of rotatable bonds is 4. The Labute approximate surface area is 182 Å². The van der Waals surface area contributed by atoms with Crippen LogP contribution in [0.5, 0.6) is 0 Å². The SMILES string of the molecule is Cc1cc(N(C)C)ccc1C(=C1C=CC(=[N+](C)C)C=C1)c1ccc(N(C)C)cc1C. The molecule has 3 rings (SSSR count).